The van der Waals surface area contributed by atoms with Crippen LogP contribution in [0.25, 0.3) is 0 Å². The molecule has 0 fully saturated rings. The predicted molar refractivity (Wildman–Crippen MR) is 66.4 cm³/mol. The molecule has 0 spiro atoms. The lowest BCUT2D eigenvalue weighted by Gasteiger charge is -2.23. The number of carbonyl (C=O) groups is 1. The molecule has 0 radical (unpaired) electrons. The molecule has 18 heavy (non-hydrogen) atoms. The molecule has 6 nitrogen and oxygen atoms in total. The van der Waals surface area contributed by atoms with Gasteiger partial charge in [0.25, 0.3) is 6.01 Å². The second-order valence-electron chi connectivity index (χ2n) is 4.75. The summed E-state index contributed by atoms with van der Waals surface area (Å²) in [5, 5.41) is 11.9. The molecule has 6 heteroatoms. The van der Waals surface area contributed by atoms with Crippen LogP contribution in [-0.4, -0.2) is 35.8 Å². The minimum absolute atomic E-state index is 0.0761. The van der Waals surface area contributed by atoms with E-state index in [0.717, 1.165) is 0 Å². The molecule has 0 bridgehead atoms. The number of aliphatic hydroxyl groups is 1. The molecule has 0 aliphatic rings. The molecular formula is C12H20N2O4. The van der Waals surface area contributed by atoms with Crippen LogP contribution >= 0.6 is 0 Å². The van der Waals surface area contributed by atoms with Crippen LogP contribution in [0.15, 0.2) is 10.7 Å². The van der Waals surface area contributed by atoms with Gasteiger partial charge in [-0.15, -0.1) is 0 Å². The van der Waals surface area contributed by atoms with Crippen LogP contribution in [0, 0.1) is 5.41 Å². The highest BCUT2D eigenvalue weighted by Gasteiger charge is 2.19. The molecule has 0 unspecified atom stereocenters. The minimum Gasteiger partial charge on any atom is -0.461 e. The Morgan fingerprint density at radius 3 is 2.94 bits per heavy atom. The SMILES string of the molecule is CCOC(=O)c1coc(NCC(C)(C)CCO)n1. The first-order valence-electron chi connectivity index (χ1n) is 5.96. The Morgan fingerprint density at radius 2 is 2.33 bits per heavy atom. The van der Waals surface area contributed by atoms with Gasteiger partial charge in [-0.1, -0.05) is 13.8 Å². The average Bonchev–Trinajstić information content (AvgIpc) is 2.75. The third-order valence-electron chi connectivity index (χ3n) is 2.50. The van der Waals surface area contributed by atoms with Crippen molar-refractivity contribution in [3.8, 4) is 0 Å². The van der Waals surface area contributed by atoms with Gasteiger partial charge < -0.3 is 19.6 Å². The fourth-order valence-corrected chi connectivity index (χ4v) is 1.36. The number of aliphatic hydroxyl groups excluding tert-OH is 1. The van der Waals surface area contributed by atoms with Crippen molar-refractivity contribution in [2.75, 3.05) is 25.1 Å². The fraction of sp³-hybridized carbons (Fsp3) is 0.667. The van der Waals surface area contributed by atoms with Gasteiger partial charge >= 0.3 is 5.97 Å². The summed E-state index contributed by atoms with van der Waals surface area (Å²) in [5.74, 6) is -0.496. The molecule has 0 saturated carbocycles. The molecule has 1 aromatic heterocycles. The van der Waals surface area contributed by atoms with Gasteiger partial charge in [0.2, 0.25) is 0 Å². The van der Waals surface area contributed by atoms with Crippen molar-refractivity contribution in [1.82, 2.24) is 4.98 Å². The van der Waals surface area contributed by atoms with Crippen molar-refractivity contribution in [3.05, 3.63) is 12.0 Å². The number of esters is 1. The van der Waals surface area contributed by atoms with E-state index in [0.29, 0.717) is 19.6 Å². The number of rotatable bonds is 7. The van der Waals surface area contributed by atoms with E-state index in [4.69, 9.17) is 14.3 Å². The van der Waals surface area contributed by atoms with Crippen molar-refractivity contribution >= 4 is 12.0 Å². The number of anilines is 1. The van der Waals surface area contributed by atoms with E-state index in [1.54, 1.807) is 6.92 Å². The standard InChI is InChI=1S/C12H20N2O4/c1-4-17-10(16)9-7-18-11(14-9)13-8-12(2,3)5-6-15/h7,15H,4-6,8H2,1-3H3,(H,13,14). The maximum atomic E-state index is 11.4. The monoisotopic (exact) mass is 256 g/mol. The van der Waals surface area contributed by atoms with Crippen LogP contribution in [0.1, 0.15) is 37.7 Å². The summed E-state index contributed by atoms with van der Waals surface area (Å²) in [6, 6.07) is 0.282. The van der Waals surface area contributed by atoms with E-state index in [2.05, 4.69) is 10.3 Å². The van der Waals surface area contributed by atoms with Crippen LogP contribution in [0.4, 0.5) is 6.01 Å². The number of hydrogen-bond acceptors (Lipinski definition) is 6. The molecule has 2 N–H and O–H groups in total. The number of oxazole rings is 1. The van der Waals surface area contributed by atoms with Crippen molar-refractivity contribution in [2.45, 2.75) is 27.2 Å². The quantitative estimate of drug-likeness (QED) is 0.722. The van der Waals surface area contributed by atoms with Gasteiger partial charge in [0.05, 0.1) is 6.61 Å². The third-order valence-corrected chi connectivity index (χ3v) is 2.50. The summed E-state index contributed by atoms with van der Waals surface area (Å²) in [7, 11) is 0. The Hall–Kier alpha value is -1.56. The Kier molecular flexibility index (Phi) is 5.15. The summed E-state index contributed by atoms with van der Waals surface area (Å²) in [6.07, 6.45) is 1.94. The molecule has 0 aliphatic heterocycles. The first kappa shape index (κ1) is 14.5. The number of aromatic nitrogens is 1. The predicted octanol–water partition coefficient (Wildman–Crippen LogP) is 1.67. The van der Waals surface area contributed by atoms with Gasteiger partial charge in [-0.3, -0.25) is 0 Å². The molecule has 1 heterocycles. The number of nitrogens with zero attached hydrogens (tertiary/aromatic N) is 1. The van der Waals surface area contributed by atoms with Gasteiger partial charge in [0, 0.05) is 13.2 Å². The zero-order valence-corrected chi connectivity index (χ0v) is 11.0. The minimum atomic E-state index is -0.496. The van der Waals surface area contributed by atoms with Gasteiger partial charge in [0.1, 0.15) is 6.26 Å². The number of hydrogen-bond donors (Lipinski definition) is 2. The Bertz CT molecular complexity index is 387. The third kappa shape index (κ3) is 4.37. The number of nitrogens with one attached hydrogen (secondary N) is 1. The zero-order chi connectivity index (χ0) is 13.6. The van der Waals surface area contributed by atoms with Crippen LogP contribution < -0.4 is 5.32 Å². The van der Waals surface area contributed by atoms with E-state index < -0.39 is 5.97 Å². The Labute approximate surface area is 106 Å². The van der Waals surface area contributed by atoms with E-state index in [9.17, 15) is 4.79 Å². The van der Waals surface area contributed by atoms with Gasteiger partial charge in [-0.2, -0.15) is 4.98 Å². The fourth-order valence-electron chi connectivity index (χ4n) is 1.36. The molecular weight excluding hydrogens is 236 g/mol. The maximum Gasteiger partial charge on any atom is 0.360 e. The molecule has 0 amide bonds. The largest absolute Gasteiger partial charge is 0.461 e. The zero-order valence-electron chi connectivity index (χ0n) is 11.0. The second-order valence-corrected chi connectivity index (χ2v) is 4.75. The van der Waals surface area contributed by atoms with Crippen molar-refractivity contribution in [3.63, 3.8) is 0 Å². The molecule has 1 aromatic rings. The van der Waals surface area contributed by atoms with Gasteiger partial charge in [-0.25, -0.2) is 4.79 Å². The average molecular weight is 256 g/mol. The molecule has 0 aromatic carbocycles. The molecule has 0 atom stereocenters. The Balaban J connectivity index is 2.51. The second kappa shape index (κ2) is 6.39. The topological polar surface area (TPSA) is 84.6 Å². The summed E-state index contributed by atoms with van der Waals surface area (Å²) in [5.41, 5.74) is 0.0761. The lowest BCUT2D eigenvalue weighted by molar-refractivity contribution is 0.0519. The van der Waals surface area contributed by atoms with Crippen LogP contribution in [0.3, 0.4) is 0 Å². The van der Waals surface area contributed by atoms with Crippen molar-refractivity contribution in [1.29, 1.82) is 0 Å². The van der Waals surface area contributed by atoms with Gasteiger partial charge in [-0.05, 0) is 18.8 Å². The highest BCUT2D eigenvalue weighted by atomic mass is 16.5. The lowest BCUT2D eigenvalue weighted by atomic mass is 9.90. The Morgan fingerprint density at radius 1 is 1.61 bits per heavy atom. The van der Waals surface area contributed by atoms with Gasteiger partial charge in [0.15, 0.2) is 5.69 Å². The van der Waals surface area contributed by atoms with E-state index >= 15 is 0 Å². The van der Waals surface area contributed by atoms with E-state index in [1.807, 2.05) is 13.8 Å². The van der Waals surface area contributed by atoms with Crippen LogP contribution in [0.5, 0.6) is 0 Å². The first-order chi connectivity index (χ1) is 8.48. The highest BCUT2D eigenvalue weighted by molar-refractivity contribution is 5.87. The van der Waals surface area contributed by atoms with Crippen LogP contribution in [-0.2, 0) is 4.74 Å². The molecule has 102 valence electrons. The lowest BCUT2D eigenvalue weighted by Crippen LogP contribution is -2.24. The molecule has 0 saturated heterocycles. The smallest absolute Gasteiger partial charge is 0.360 e. The molecule has 1 rings (SSSR count). The van der Waals surface area contributed by atoms with Crippen molar-refractivity contribution < 1.29 is 19.1 Å². The van der Waals surface area contributed by atoms with E-state index in [-0.39, 0.29) is 23.7 Å². The number of carbonyl (C=O) groups excluding carboxylic acids is 1. The number of ether oxygens (including phenoxy) is 1. The van der Waals surface area contributed by atoms with E-state index in [1.165, 1.54) is 6.26 Å². The summed E-state index contributed by atoms with van der Waals surface area (Å²) in [4.78, 5) is 15.3. The maximum absolute atomic E-state index is 11.4. The first-order valence-corrected chi connectivity index (χ1v) is 5.96. The van der Waals surface area contributed by atoms with Crippen molar-refractivity contribution in [2.24, 2.45) is 5.41 Å². The summed E-state index contributed by atoms with van der Waals surface area (Å²) >= 11 is 0. The normalized spacial score (nSPS) is 11.3. The summed E-state index contributed by atoms with van der Waals surface area (Å²) < 4.78 is 9.92. The summed E-state index contributed by atoms with van der Waals surface area (Å²) in [6.45, 7) is 6.80. The van der Waals surface area contributed by atoms with Crippen LogP contribution in [0.2, 0.25) is 0 Å². The highest BCUT2D eigenvalue weighted by Crippen LogP contribution is 2.20. The molecule has 0 aliphatic carbocycles.